The van der Waals surface area contributed by atoms with Crippen LogP contribution in [0.3, 0.4) is 0 Å². The van der Waals surface area contributed by atoms with Crippen LogP contribution < -0.4 is 15.1 Å². The minimum atomic E-state index is -0.126. The fourth-order valence-electron chi connectivity index (χ4n) is 4.38. The highest BCUT2D eigenvalue weighted by atomic mass is 16.1. The van der Waals surface area contributed by atoms with Gasteiger partial charge in [0.2, 0.25) is 0 Å². The van der Waals surface area contributed by atoms with Crippen LogP contribution in [0.15, 0.2) is 67.3 Å². The van der Waals surface area contributed by atoms with E-state index in [-0.39, 0.29) is 11.9 Å². The van der Waals surface area contributed by atoms with Gasteiger partial charge < -0.3 is 20.1 Å². The third-order valence-electron chi connectivity index (χ3n) is 6.36. The maximum absolute atomic E-state index is 12.7. The fraction of sp³-hybridized carbons (Fsp3) is 0.280. The molecule has 0 spiro atoms. The van der Waals surface area contributed by atoms with E-state index in [9.17, 15) is 4.79 Å². The number of carbonyl (C=O) groups excluding carboxylic acids is 1. The first-order chi connectivity index (χ1) is 16.1. The summed E-state index contributed by atoms with van der Waals surface area (Å²) in [6, 6.07) is 15.9. The first-order valence-corrected chi connectivity index (χ1v) is 11.2. The molecule has 4 heterocycles. The van der Waals surface area contributed by atoms with Gasteiger partial charge in [0, 0.05) is 38.6 Å². The van der Waals surface area contributed by atoms with Crippen LogP contribution in [0.4, 0.5) is 11.6 Å². The Morgan fingerprint density at radius 1 is 1.15 bits per heavy atom. The fourth-order valence-corrected chi connectivity index (χ4v) is 4.38. The van der Waals surface area contributed by atoms with Crippen molar-refractivity contribution in [3.05, 3.63) is 78.4 Å². The maximum Gasteiger partial charge on any atom is 0.253 e. The van der Waals surface area contributed by atoms with Gasteiger partial charge in [0.05, 0.1) is 17.0 Å². The first kappa shape index (κ1) is 20.9. The number of carbonyl (C=O) groups is 1. The Morgan fingerprint density at radius 2 is 2.00 bits per heavy atom. The van der Waals surface area contributed by atoms with E-state index < -0.39 is 0 Å². The van der Waals surface area contributed by atoms with Crippen LogP contribution in [0.1, 0.15) is 35.3 Å². The third-order valence-corrected chi connectivity index (χ3v) is 6.36. The zero-order valence-corrected chi connectivity index (χ0v) is 18.8. The molecule has 0 radical (unpaired) electrons. The number of amides is 1. The zero-order chi connectivity index (χ0) is 22.8. The smallest absolute Gasteiger partial charge is 0.253 e. The number of aromatic amines is 1. The van der Waals surface area contributed by atoms with Crippen molar-refractivity contribution in [1.82, 2.24) is 25.3 Å². The second-order valence-corrected chi connectivity index (χ2v) is 8.45. The Hall–Kier alpha value is -3.94. The van der Waals surface area contributed by atoms with Crippen LogP contribution >= 0.6 is 0 Å². The number of aromatic nitrogens is 4. The predicted molar refractivity (Wildman–Crippen MR) is 129 cm³/mol. The van der Waals surface area contributed by atoms with Crippen molar-refractivity contribution in [3.8, 4) is 0 Å². The van der Waals surface area contributed by atoms with Crippen molar-refractivity contribution in [2.75, 3.05) is 29.9 Å². The van der Waals surface area contributed by atoms with Crippen LogP contribution in [-0.2, 0) is 0 Å². The summed E-state index contributed by atoms with van der Waals surface area (Å²) in [5.74, 6) is 1.69. The minimum absolute atomic E-state index is 0.0705. The lowest BCUT2D eigenvalue weighted by Crippen LogP contribution is -2.35. The monoisotopic (exact) mass is 441 g/mol. The van der Waals surface area contributed by atoms with Crippen molar-refractivity contribution in [3.63, 3.8) is 0 Å². The molecule has 1 saturated heterocycles. The summed E-state index contributed by atoms with van der Waals surface area (Å²) < 4.78 is 0. The zero-order valence-electron chi connectivity index (χ0n) is 18.8. The molecular weight excluding hydrogens is 414 g/mol. The SMILES string of the molecule is C[C@H](NC(=O)c1ccc(N(C)[C@@H]2CCN(c3ncnc4[nH]ccc34)C2)nc1)c1ccccc1. The number of H-pyrrole nitrogens is 1. The molecule has 5 rings (SSSR count). The van der Waals surface area contributed by atoms with Crippen LogP contribution in [0.2, 0.25) is 0 Å². The number of likely N-dealkylation sites (N-methyl/N-ethyl adjacent to an activating group) is 1. The molecule has 1 aliphatic heterocycles. The Bertz CT molecular complexity index is 1240. The van der Waals surface area contributed by atoms with Crippen molar-refractivity contribution in [2.45, 2.75) is 25.4 Å². The molecule has 3 aromatic heterocycles. The van der Waals surface area contributed by atoms with Gasteiger partial charge >= 0.3 is 0 Å². The van der Waals surface area contributed by atoms with Crippen LogP contribution in [0.5, 0.6) is 0 Å². The minimum Gasteiger partial charge on any atom is -0.355 e. The predicted octanol–water partition coefficient (Wildman–Crippen LogP) is 3.56. The Morgan fingerprint density at radius 3 is 2.79 bits per heavy atom. The van der Waals surface area contributed by atoms with Crippen molar-refractivity contribution in [1.29, 1.82) is 0 Å². The quantitative estimate of drug-likeness (QED) is 0.476. The second kappa shape index (κ2) is 8.90. The highest BCUT2D eigenvalue weighted by Gasteiger charge is 2.28. The molecule has 8 heteroatoms. The highest BCUT2D eigenvalue weighted by molar-refractivity contribution is 5.94. The third kappa shape index (κ3) is 4.24. The highest BCUT2D eigenvalue weighted by Crippen LogP contribution is 2.28. The standard InChI is InChI=1S/C25H27N7O/c1-17(18-6-4-3-5-7-18)30-25(33)19-8-9-22(27-14-19)31(2)20-11-13-32(15-20)24-21-10-12-26-23(21)28-16-29-24/h3-10,12,14,16-17,20H,11,13,15H2,1-2H3,(H,30,33)(H,26,28,29)/t17-,20+/m0/s1. The average molecular weight is 442 g/mol. The van der Waals surface area contributed by atoms with Gasteiger partial charge in [0.25, 0.3) is 5.91 Å². The molecule has 1 aromatic carbocycles. The maximum atomic E-state index is 12.7. The lowest BCUT2D eigenvalue weighted by Gasteiger charge is -2.26. The molecule has 0 saturated carbocycles. The number of anilines is 2. The largest absolute Gasteiger partial charge is 0.355 e. The summed E-state index contributed by atoms with van der Waals surface area (Å²) in [6.45, 7) is 3.75. The lowest BCUT2D eigenvalue weighted by atomic mass is 10.1. The summed E-state index contributed by atoms with van der Waals surface area (Å²) in [5.41, 5.74) is 2.48. The Labute approximate surface area is 192 Å². The van der Waals surface area contributed by atoms with Gasteiger partial charge in [-0.3, -0.25) is 4.79 Å². The van der Waals surface area contributed by atoms with E-state index in [0.29, 0.717) is 11.6 Å². The molecule has 0 aliphatic carbocycles. The lowest BCUT2D eigenvalue weighted by molar-refractivity contribution is 0.0939. The van der Waals surface area contributed by atoms with Crippen LogP contribution in [0, 0.1) is 0 Å². The van der Waals surface area contributed by atoms with Gasteiger partial charge in [-0.05, 0) is 37.1 Å². The molecular formula is C25H27N7O. The number of nitrogens with zero attached hydrogens (tertiary/aromatic N) is 5. The summed E-state index contributed by atoms with van der Waals surface area (Å²) >= 11 is 0. The molecule has 1 aliphatic rings. The van der Waals surface area contributed by atoms with Crippen molar-refractivity contribution in [2.24, 2.45) is 0 Å². The van der Waals surface area contributed by atoms with Crippen LogP contribution in [0.25, 0.3) is 11.0 Å². The molecule has 2 atom stereocenters. The number of hydrogen-bond donors (Lipinski definition) is 2. The molecule has 2 N–H and O–H groups in total. The van der Waals surface area contributed by atoms with Crippen LogP contribution in [-0.4, -0.2) is 52.0 Å². The summed E-state index contributed by atoms with van der Waals surface area (Å²) in [5, 5.41) is 4.08. The number of hydrogen-bond acceptors (Lipinski definition) is 6. The van der Waals surface area contributed by atoms with Crippen molar-refractivity contribution >= 4 is 28.6 Å². The Kier molecular flexibility index (Phi) is 5.64. The number of pyridine rings is 1. The first-order valence-electron chi connectivity index (χ1n) is 11.2. The van der Waals surface area contributed by atoms with Gasteiger partial charge in [-0.25, -0.2) is 15.0 Å². The number of rotatable bonds is 6. The van der Waals surface area contributed by atoms with E-state index in [1.54, 1.807) is 12.5 Å². The molecule has 33 heavy (non-hydrogen) atoms. The summed E-state index contributed by atoms with van der Waals surface area (Å²) in [4.78, 5) is 33.7. The molecule has 0 bridgehead atoms. The molecule has 8 nitrogen and oxygen atoms in total. The topological polar surface area (TPSA) is 90.0 Å². The number of nitrogens with one attached hydrogen (secondary N) is 2. The van der Waals surface area contributed by atoms with E-state index in [0.717, 1.165) is 47.7 Å². The van der Waals surface area contributed by atoms with E-state index in [1.807, 2.05) is 61.7 Å². The normalized spacial score (nSPS) is 16.7. The van der Waals surface area contributed by atoms with E-state index >= 15 is 0 Å². The van der Waals surface area contributed by atoms with Gasteiger partial charge in [-0.2, -0.15) is 0 Å². The summed E-state index contributed by atoms with van der Waals surface area (Å²) in [6.07, 6.45) is 6.16. The van der Waals surface area contributed by atoms with E-state index in [2.05, 4.69) is 42.1 Å². The molecule has 0 unspecified atom stereocenters. The Balaban J connectivity index is 1.23. The van der Waals surface area contributed by atoms with Gasteiger partial charge in [0.1, 0.15) is 23.6 Å². The molecule has 1 amide bonds. The summed E-state index contributed by atoms with van der Waals surface area (Å²) in [7, 11) is 2.06. The number of fused-ring (bicyclic) bond motifs is 1. The van der Waals surface area contributed by atoms with Gasteiger partial charge in [-0.1, -0.05) is 30.3 Å². The van der Waals surface area contributed by atoms with Crippen molar-refractivity contribution < 1.29 is 4.79 Å². The molecule has 4 aromatic rings. The van der Waals surface area contributed by atoms with E-state index in [1.165, 1.54) is 0 Å². The van der Waals surface area contributed by atoms with Gasteiger partial charge in [-0.15, -0.1) is 0 Å². The molecule has 168 valence electrons. The average Bonchev–Trinajstić information content (AvgIpc) is 3.54. The number of benzene rings is 1. The van der Waals surface area contributed by atoms with Gasteiger partial charge in [0.15, 0.2) is 0 Å². The van der Waals surface area contributed by atoms with E-state index in [4.69, 9.17) is 0 Å². The second-order valence-electron chi connectivity index (χ2n) is 8.45. The molecule has 1 fully saturated rings.